The van der Waals surface area contributed by atoms with Gasteiger partial charge in [0.05, 0.1) is 7.11 Å². The van der Waals surface area contributed by atoms with Crippen LogP contribution in [-0.2, 0) is 19.3 Å². The van der Waals surface area contributed by atoms with Gasteiger partial charge in [0.2, 0.25) is 0 Å². The van der Waals surface area contributed by atoms with E-state index in [9.17, 15) is 4.39 Å². The average molecular weight is 263 g/mol. The van der Waals surface area contributed by atoms with Crippen LogP contribution in [0.5, 0.6) is 5.75 Å². The molecule has 1 N–H and O–H groups in total. The maximum absolute atomic E-state index is 14.6. The largest absolute Gasteiger partial charge is 0.496 e. The Morgan fingerprint density at radius 1 is 1.26 bits per heavy atom. The second kappa shape index (κ2) is 5.49. The molecule has 1 aromatic rings. The molecule has 1 heterocycles. The zero-order valence-electron chi connectivity index (χ0n) is 11.6. The fourth-order valence-electron chi connectivity index (χ4n) is 3.45. The summed E-state index contributed by atoms with van der Waals surface area (Å²) >= 11 is 0. The van der Waals surface area contributed by atoms with Crippen LogP contribution in [0.3, 0.4) is 0 Å². The number of ether oxygens (including phenoxy) is 1. The van der Waals surface area contributed by atoms with Crippen LogP contribution in [0.4, 0.5) is 4.39 Å². The van der Waals surface area contributed by atoms with Crippen molar-refractivity contribution in [2.24, 2.45) is 0 Å². The molecule has 1 saturated heterocycles. The van der Waals surface area contributed by atoms with E-state index < -0.39 is 0 Å². The normalized spacial score (nSPS) is 22.3. The molecule has 0 amide bonds. The van der Waals surface area contributed by atoms with Crippen molar-refractivity contribution in [3.05, 3.63) is 28.6 Å². The van der Waals surface area contributed by atoms with E-state index in [1.165, 1.54) is 6.42 Å². The van der Waals surface area contributed by atoms with Gasteiger partial charge < -0.3 is 10.1 Å². The van der Waals surface area contributed by atoms with E-state index >= 15 is 0 Å². The maximum atomic E-state index is 14.6. The summed E-state index contributed by atoms with van der Waals surface area (Å²) in [6, 6.07) is 2.36. The first-order chi connectivity index (χ1) is 9.29. The quantitative estimate of drug-likeness (QED) is 0.905. The summed E-state index contributed by atoms with van der Waals surface area (Å²) in [6.07, 6.45) is 7.20. The van der Waals surface area contributed by atoms with E-state index in [1.54, 1.807) is 7.11 Å². The third-order valence-corrected chi connectivity index (χ3v) is 4.47. The Bertz CT molecular complexity index is 466. The number of hydrogen-bond acceptors (Lipinski definition) is 2. The molecular weight excluding hydrogens is 241 g/mol. The van der Waals surface area contributed by atoms with Crippen molar-refractivity contribution < 1.29 is 9.13 Å². The minimum atomic E-state index is 0.0317. The minimum Gasteiger partial charge on any atom is -0.496 e. The molecule has 3 rings (SSSR count). The molecule has 3 heteroatoms. The van der Waals surface area contributed by atoms with Crippen molar-refractivity contribution in [1.29, 1.82) is 0 Å². The smallest absolute Gasteiger partial charge is 0.130 e. The van der Waals surface area contributed by atoms with Crippen LogP contribution in [0.1, 0.15) is 42.4 Å². The number of benzene rings is 1. The highest BCUT2D eigenvalue weighted by Crippen LogP contribution is 2.34. The molecule has 1 fully saturated rings. The molecule has 104 valence electrons. The summed E-state index contributed by atoms with van der Waals surface area (Å²) in [4.78, 5) is 0. The molecule has 1 aliphatic heterocycles. The van der Waals surface area contributed by atoms with E-state index in [0.717, 1.165) is 67.5 Å². The van der Waals surface area contributed by atoms with Gasteiger partial charge in [0, 0.05) is 11.6 Å². The van der Waals surface area contributed by atoms with Gasteiger partial charge >= 0.3 is 0 Å². The SMILES string of the molecule is COc1cc(CC2CCCN2)c(F)c2c1CCCC2. The van der Waals surface area contributed by atoms with E-state index in [2.05, 4.69) is 5.32 Å². The summed E-state index contributed by atoms with van der Waals surface area (Å²) in [5, 5.41) is 3.44. The fraction of sp³-hybridized carbons (Fsp3) is 0.625. The predicted octanol–water partition coefficient (Wildman–Crippen LogP) is 3.01. The zero-order chi connectivity index (χ0) is 13.2. The van der Waals surface area contributed by atoms with Gasteiger partial charge in [0.25, 0.3) is 0 Å². The Morgan fingerprint density at radius 2 is 2.05 bits per heavy atom. The molecule has 1 atom stereocenters. The van der Waals surface area contributed by atoms with Crippen LogP contribution in [0.2, 0.25) is 0 Å². The lowest BCUT2D eigenvalue weighted by Crippen LogP contribution is -2.24. The number of methoxy groups -OCH3 is 1. The van der Waals surface area contributed by atoms with Crippen molar-refractivity contribution in [1.82, 2.24) is 5.32 Å². The van der Waals surface area contributed by atoms with E-state index in [1.807, 2.05) is 6.07 Å². The van der Waals surface area contributed by atoms with E-state index in [-0.39, 0.29) is 5.82 Å². The van der Waals surface area contributed by atoms with Crippen LogP contribution in [0, 0.1) is 5.82 Å². The van der Waals surface area contributed by atoms with Gasteiger partial charge in [-0.1, -0.05) is 0 Å². The van der Waals surface area contributed by atoms with Crippen molar-refractivity contribution in [3.63, 3.8) is 0 Å². The third kappa shape index (κ3) is 2.48. The highest BCUT2D eigenvalue weighted by Gasteiger charge is 2.23. The van der Waals surface area contributed by atoms with Gasteiger partial charge in [-0.2, -0.15) is 0 Å². The maximum Gasteiger partial charge on any atom is 0.130 e. The molecule has 0 aromatic heterocycles. The summed E-state index contributed by atoms with van der Waals surface area (Å²) in [7, 11) is 1.69. The van der Waals surface area contributed by atoms with Gasteiger partial charge in [-0.3, -0.25) is 0 Å². The number of nitrogens with one attached hydrogen (secondary N) is 1. The monoisotopic (exact) mass is 263 g/mol. The lowest BCUT2D eigenvalue weighted by Gasteiger charge is -2.22. The van der Waals surface area contributed by atoms with Gasteiger partial charge in [0.15, 0.2) is 0 Å². The average Bonchev–Trinajstić information content (AvgIpc) is 2.95. The van der Waals surface area contributed by atoms with Crippen molar-refractivity contribution >= 4 is 0 Å². The third-order valence-electron chi connectivity index (χ3n) is 4.47. The molecule has 1 unspecified atom stereocenters. The van der Waals surface area contributed by atoms with Crippen molar-refractivity contribution in [3.8, 4) is 5.75 Å². The Morgan fingerprint density at radius 3 is 2.74 bits per heavy atom. The first-order valence-electron chi connectivity index (χ1n) is 7.40. The van der Waals surface area contributed by atoms with Gasteiger partial charge in [-0.15, -0.1) is 0 Å². The lowest BCUT2D eigenvalue weighted by molar-refractivity contribution is 0.401. The Balaban J connectivity index is 1.94. The topological polar surface area (TPSA) is 21.3 Å². The Hall–Kier alpha value is -1.09. The first-order valence-corrected chi connectivity index (χ1v) is 7.40. The summed E-state index contributed by atoms with van der Waals surface area (Å²) in [6.45, 7) is 1.06. The first kappa shape index (κ1) is 12.9. The predicted molar refractivity (Wildman–Crippen MR) is 74.3 cm³/mol. The molecule has 0 bridgehead atoms. The summed E-state index contributed by atoms with van der Waals surface area (Å²) < 4.78 is 20.1. The van der Waals surface area contributed by atoms with E-state index in [4.69, 9.17) is 4.74 Å². The van der Waals surface area contributed by atoms with Crippen LogP contribution in [0.15, 0.2) is 6.07 Å². The molecular formula is C16H22FNO. The summed E-state index contributed by atoms with van der Waals surface area (Å²) in [5.74, 6) is 0.924. The molecule has 1 aromatic carbocycles. The number of fused-ring (bicyclic) bond motifs is 1. The van der Waals surface area contributed by atoms with Crippen LogP contribution < -0.4 is 10.1 Å². The van der Waals surface area contributed by atoms with Crippen molar-refractivity contribution in [2.45, 2.75) is 51.0 Å². The Kier molecular flexibility index (Phi) is 3.74. The zero-order valence-corrected chi connectivity index (χ0v) is 11.6. The minimum absolute atomic E-state index is 0.0317. The highest BCUT2D eigenvalue weighted by atomic mass is 19.1. The van der Waals surface area contributed by atoms with Crippen LogP contribution in [-0.4, -0.2) is 19.7 Å². The van der Waals surface area contributed by atoms with Gasteiger partial charge in [0.1, 0.15) is 11.6 Å². The molecule has 19 heavy (non-hydrogen) atoms. The van der Waals surface area contributed by atoms with Gasteiger partial charge in [-0.05, 0) is 68.7 Å². The molecule has 2 nitrogen and oxygen atoms in total. The molecule has 2 aliphatic rings. The van der Waals surface area contributed by atoms with Crippen molar-refractivity contribution in [2.75, 3.05) is 13.7 Å². The number of hydrogen-bond donors (Lipinski definition) is 1. The Labute approximate surface area is 114 Å². The number of rotatable bonds is 3. The lowest BCUT2D eigenvalue weighted by atomic mass is 9.87. The second-order valence-corrected chi connectivity index (χ2v) is 5.71. The highest BCUT2D eigenvalue weighted by molar-refractivity contribution is 5.46. The molecule has 0 radical (unpaired) electrons. The fourth-order valence-corrected chi connectivity index (χ4v) is 3.45. The van der Waals surface area contributed by atoms with Crippen LogP contribution in [0.25, 0.3) is 0 Å². The summed E-state index contributed by atoms with van der Waals surface area (Å²) in [5.41, 5.74) is 2.85. The second-order valence-electron chi connectivity index (χ2n) is 5.71. The van der Waals surface area contributed by atoms with E-state index in [0.29, 0.717) is 6.04 Å². The standard InChI is InChI=1S/C16H22FNO/c1-19-15-10-11(9-12-5-4-8-18-12)16(17)14-7-3-2-6-13(14)15/h10,12,18H,2-9H2,1H3. The van der Waals surface area contributed by atoms with Crippen LogP contribution >= 0.6 is 0 Å². The molecule has 0 spiro atoms. The molecule has 1 aliphatic carbocycles. The van der Waals surface area contributed by atoms with Gasteiger partial charge in [-0.25, -0.2) is 4.39 Å². The molecule has 0 saturated carbocycles. The number of halogens is 1.